The summed E-state index contributed by atoms with van der Waals surface area (Å²) in [6, 6.07) is 0.457. The van der Waals surface area contributed by atoms with E-state index in [-0.39, 0.29) is 6.17 Å². The SMILES string of the molecule is C=C(CC1CC1)N(C1CCOCC1)N(C)C(C)N=C(N)SC. The summed E-state index contributed by atoms with van der Waals surface area (Å²) in [6.07, 6.45) is 7.83. The van der Waals surface area contributed by atoms with Gasteiger partial charge in [0.25, 0.3) is 0 Å². The van der Waals surface area contributed by atoms with Gasteiger partial charge in [0.2, 0.25) is 0 Å². The van der Waals surface area contributed by atoms with Gasteiger partial charge in [-0.3, -0.25) is 0 Å². The van der Waals surface area contributed by atoms with Crippen molar-refractivity contribution in [1.82, 2.24) is 10.0 Å². The van der Waals surface area contributed by atoms with Gasteiger partial charge in [-0.1, -0.05) is 18.3 Å². The summed E-state index contributed by atoms with van der Waals surface area (Å²) in [4.78, 5) is 4.56. The largest absolute Gasteiger partial charge is 0.381 e. The molecule has 2 rings (SSSR count). The van der Waals surface area contributed by atoms with Crippen molar-refractivity contribution < 1.29 is 4.74 Å². The van der Waals surface area contributed by atoms with Crippen molar-refractivity contribution in [2.24, 2.45) is 16.6 Å². The van der Waals surface area contributed by atoms with Crippen LogP contribution in [0.15, 0.2) is 17.3 Å². The van der Waals surface area contributed by atoms with E-state index in [4.69, 9.17) is 10.5 Å². The number of hydrogen-bond donors (Lipinski definition) is 1. The number of ether oxygens (including phenoxy) is 1. The number of rotatable bonds is 7. The smallest absolute Gasteiger partial charge is 0.155 e. The average molecular weight is 327 g/mol. The molecule has 6 heteroatoms. The average Bonchev–Trinajstić information content (AvgIpc) is 3.32. The second-order valence-electron chi connectivity index (χ2n) is 6.28. The minimum absolute atomic E-state index is 0.00579. The van der Waals surface area contributed by atoms with Gasteiger partial charge in [-0.2, -0.15) is 5.01 Å². The lowest BCUT2D eigenvalue weighted by molar-refractivity contribution is -0.0704. The molecule has 1 saturated heterocycles. The van der Waals surface area contributed by atoms with E-state index in [0.717, 1.165) is 38.4 Å². The molecule has 2 N–H and O–H groups in total. The number of hydrazine groups is 1. The second-order valence-corrected chi connectivity index (χ2v) is 7.11. The maximum atomic E-state index is 5.88. The first-order chi connectivity index (χ1) is 10.5. The third-order valence-electron chi connectivity index (χ3n) is 4.49. The molecule has 1 heterocycles. The van der Waals surface area contributed by atoms with Crippen molar-refractivity contribution >= 4 is 16.9 Å². The van der Waals surface area contributed by atoms with Crippen LogP contribution >= 0.6 is 11.8 Å². The Labute approximate surface area is 138 Å². The first-order valence-electron chi connectivity index (χ1n) is 8.17. The summed E-state index contributed by atoms with van der Waals surface area (Å²) in [5.74, 6) is 0.832. The number of amidine groups is 1. The van der Waals surface area contributed by atoms with Crippen molar-refractivity contribution in [2.45, 2.75) is 51.2 Å². The number of aliphatic imine (C=N–C) groups is 1. The van der Waals surface area contributed by atoms with Crippen LogP contribution in [0.1, 0.15) is 39.0 Å². The standard InChI is InChI=1S/C16H30N4OS/c1-12(11-14-5-6-14)20(15-7-9-21-10-8-15)19(3)13(2)18-16(17)22-4/h13-15H,1,5-11H2,2-4H3,(H2,17,18). The van der Waals surface area contributed by atoms with E-state index in [1.165, 1.54) is 30.3 Å². The lowest BCUT2D eigenvalue weighted by atomic mass is 10.1. The van der Waals surface area contributed by atoms with E-state index in [9.17, 15) is 0 Å². The predicted molar refractivity (Wildman–Crippen MR) is 94.5 cm³/mol. The number of allylic oxidation sites excluding steroid dienone is 1. The van der Waals surface area contributed by atoms with E-state index in [0.29, 0.717) is 11.2 Å². The van der Waals surface area contributed by atoms with Gasteiger partial charge in [0.05, 0.1) is 0 Å². The molecular weight excluding hydrogens is 296 g/mol. The molecule has 2 fully saturated rings. The Morgan fingerprint density at radius 2 is 2.00 bits per heavy atom. The van der Waals surface area contributed by atoms with Gasteiger partial charge in [-0.25, -0.2) is 4.99 Å². The van der Waals surface area contributed by atoms with Gasteiger partial charge < -0.3 is 15.5 Å². The summed E-state index contributed by atoms with van der Waals surface area (Å²) >= 11 is 1.49. The highest BCUT2D eigenvalue weighted by molar-refractivity contribution is 8.13. The minimum Gasteiger partial charge on any atom is -0.381 e. The quantitative estimate of drug-likeness (QED) is 0.443. The third kappa shape index (κ3) is 4.89. The van der Waals surface area contributed by atoms with E-state index in [1.807, 2.05) is 6.26 Å². The number of hydrogen-bond acceptors (Lipinski definition) is 5. The molecule has 1 saturated carbocycles. The molecule has 126 valence electrons. The van der Waals surface area contributed by atoms with E-state index >= 15 is 0 Å². The Bertz CT molecular complexity index is 405. The minimum atomic E-state index is 0.00579. The Morgan fingerprint density at radius 1 is 1.36 bits per heavy atom. The van der Waals surface area contributed by atoms with Gasteiger partial charge in [0, 0.05) is 32.0 Å². The summed E-state index contributed by atoms with van der Waals surface area (Å²) in [6.45, 7) is 8.11. The van der Waals surface area contributed by atoms with Crippen LogP contribution in [0, 0.1) is 5.92 Å². The van der Waals surface area contributed by atoms with Gasteiger partial charge >= 0.3 is 0 Å². The molecule has 1 atom stereocenters. The molecule has 0 aromatic heterocycles. The summed E-state index contributed by atoms with van der Waals surface area (Å²) < 4.78 is 5.52. The van der Waals surface area contributed by atoms with Gasteiger partial charge in [0.15, 0.2) is 5.17 Å². The number of nitrogens with two attached hydrogens (primary N) is 1. The molecule has 5 nitrogen and oxygen atoms in total. The molecule has 2 aliphatic rings. The van der Waals surface area contributed by atoms with Crippen LogP contribution in [0.2, 0.25) is 0 Å². The second kappa shape index (κ2) is 8.22. The van der Waals surface area contributed by atoms with Crippen molar-refractivity contribution in [2.75, 3.05) is 26.5 Å². The van der Waals surface area contributed by atoms with Crippen LogP contribution in [0.3, 0.4) is 0 Å². The zero-order valence-corrected chi connectivity index (χ0v) is 14.9. The highest BCUT2D eigenvalue weighted by Gasteiger charge is 2.31. The molecule has 1 aliphatic carbocycles. The van der Waals surface area contributed by atoms with Crippen LogP contribution in [0.25, 0.3) is 0 Å². The highest BCUT2D eigenvalue weighted by atomic mass is 32.2. The topological polar surface area (TPSA) is 54.1 Å². The number of thioether (sulfide) groups is 1. The van der Waals surface area contributed by atoms with Crippen LogP contribution in [-0.2, 0) is 4.74 Å². The molecule has 1 unspecified atom stereocenters. The van der Waals surface area contributed by atoms with Crippen molar-refractivity contribution in [3.63, 3.8) is 0 Å². The molecule has 1 aliphatic heterocycles. The molecule has 0 aromatic rings. The summed E-state index contributed by atoms with van der Waals surface area (Å²) in [5.41, 5.74) is 7.09. The van der Waals surface area contributed by atoms with Crippen LogP contribution in [-0.4, -0.2) is 53.9 Å². The maximum absolute atomic E-state index is 5.88. The van der Waals surface area contributed by atoms with Crippen molar-refractivity contribution in [3.05, 3.63) is 12.3 Å². The van der Waals surface area contributed by atoms with Crippen LogP contribution in [0.5, 0.6) is 0 Å². The van der Waals surface area contributed by atoms with Crippen molar-refractivity contribution in [3.8, 4) is 0 Å². The van der Waals surface area contributed by atoms with E-state index in [1.54, 1.807) is 0 Å². The molecule has 0 radical (unpaired) electrons. The maximum Gasteiger partial charge on any atom is 0.155 e. The third-order valence-corrected chi connectivity index (χ3v) is 5.01. The van der Waals surface area contributed by atoms with Gasteiger partial charge in [0.1, 0.15) is 6.17 Å². The molecule has 0 amide bonds. The van der Waals surface area contributed by atoms with Crippen LogP contribution in [0.4, 0.5) is 0 Å². The van der Waals surface area contributed by atoms with Gasteiger partial charge in [-0.15, -0.1) is 0 Å². The number of nitrogens with zero attached hydrogens (tertiary/aromatic N) is 3. The summed E-state index contributed by atoms with van der Waals surface area (Å²) in [5, 5.41) is 5.19. The molecule has 0 aromatic carbocycles. The van der Waals surface area contributed by atoms with Crippen molar-refractivity contribution in [1.29, 1.82) is 0 Å². The fourth-order valence-corrected chi connectivity index (χ4v) is 3.18. The molecule has 22 heavy (non-hydrogen) atoms. The molecular formula is C16H30N4OS. The lowest BCUT2D eigenvalue weighted by Gasteiger charge is -2.44. The molecule has 0 spiro atoms. The normalized spacial score (nSPS) is 21.9. The van der Waals surface area contributed by atoms with E-state index in [2.05, 4.69) is 35.6 Å². The Morgan fingerprint density at radius 3 is 2.55 bits per heavy atom. The Hall–Kier alpha value is -0.720. The fourth-order valence-electron chi connectivity index (χ4n) is 2.92. The van der Waals surface area contributed by atoms with Gasteiger partial charge in [-0.05, 0) is 51.2 Å². The predicted octanol–water partition coefficient (Wildman–Crippen LogP) is 2.65. The first kappa shape index (κ1) is 17.6. The van der Waals surface area contributed by atoms with Crippen LogP contribution < -0.4 is 5.73 Å². The zero-order valence-electron chi connectivity index (χ0n) is 14.1. The Balaban J connectivity index is 2.08. The monoisotopic (exact) mass is 326 g/mol. The van der Waals surface area contributed by atoms with E-state index < -0.39 is 0 Å². The highest BCUT2D eigenvalue weighted by Crippen LogP contribution is 2.37. The lowest BCUT2D eigenvalue weighted by Crippen LogP contribution is -2.51. The first-order valence-corrected chi connectivity index (χ1v) is 9.40. The fraction of sp³-hybridized carbons (Fsp3) is 0.812. The zero-order chi connectivity index (χ0) is 16.1. The molecule has 0 bridgehead atoms. The summed E-state index contributed by atoms with van der Waals surface area (Å²) in [7, 11) is 2.09. The Kier molecular flexibility index (Phi) is 6.59.